The van der Waals surface area contributed by atoms with Crippen molar-refractivity contribution < 1.29 is 4.32 Å². The van der Waals surface area contributed by atoms with Gasteiger partial charge in [0.2, 0.25) is 0 Å². The van der Waals surface area contributed by atoms with Crippen LogP contribution in [0.5, 0.6) is 0 Å². The maximum atomic E-state index is 12.6. The zero-order chi connectivity index (χ0) is 6.73. The Labute approximate surface area is 51.6 Å². The first-order valence-corrected chi connectivity index (χ1v) is 3.19. The summed E-state index contributed by atoms with van der Waals surface area (Å²) < 4.78 is 12.6. The summed E-state index contributed by atoms with van der Waals surface area (Å²) in [7, 11) is 0. The minimum atomic E-state index is -0.630. The summed E-state index contributed by atoms with van der Waals surface area (Å²) in [6.45, 7) is 7.00. The molecule has 0 heterocycles. The molecule has 0 aromatic rings. The van der Waals surface area contributed by atoms with Crippen LogP contribution in [0.2, 0.25) is 11.6 Å². The van der Waals surface area contributed by atoms with Gasteiger partial charge in [0.1, 0.15) is 0 Å². The van der Waals surface area contributed by atoms with Crippen LogP contribution in [0.4, 0.5) is 4.32 Å². The zero-order valence-corrected chi connectivity index (χ0v) is 6.11. The Kier molecular flexibility index (Phi) is 3.11. The van der Waals surface area contributed by atoms with Crippen molar-refractivity contribution in [2.75, 3.05) is 0 Å². The van der Waals surface area contributed by atoms with Crippen LogP contribution in [0.15, 0.2) is 0 Å². The highest BCUT2D eigenvalue weighted by molar-refractivity contribution is 6.54. The van der Waals surface area contributed by atoms with Gasteiger partial charge in [-0.15, -0.1) is 0 Å². The Bertz CT molecular complexity index is 53.5. The summed E-state index contributed by atoms with van der Waals surface area (Å²) in [4.78, 5) is 0. The Morgan fingerprint density at radius 3 is 1.25 bits per heavy atom. The number of hydrogen-bond donors (Lipinski definition) is 0. The lowest BCUT2D eigenvalue weighted by Gasteiger charge is -2.09. The maximum Gasteiger partial charge on any atom is 0.353 e. The molecule has 0 bridgehead atoms. The molecule has 0 saturated heterocycles. The molecule has 0 rings (SSSR count). The van der Waals surface area contributed by atoms with Gasteiger partial charge in [-0.05, 0) is 11.6 Å². The van der Waals surface area contributed by atoms with Crippen LogP contribution in [0, 0.1) is 0 Å². The highest BCUT2D eigenvalue weighted by Crippen LogP contribution is 2.19. The van der Waals surface area contributed by atoms with E-state index in [4.69, 9.17) is 0 Å². The molecular weight excluding hydrogens is 102 g/mol. The second-order valence-electron chi connectivity index (χ2n) is 2.93. The average molecular weight is 116 g/mol. The van der Waals surface area contributed by atoms with E-state index in [2.05, 4.69) is 0 Å². The van der Waals surface area contributed by atoms with Gasteiger partial charge in [-0.3, -0.25) is 0 Å². The van der Waals surface area contributed by atoms with Crippen LogP contribution in [0.3, 0.4) is 0 Å². The van der Waals surface area contributed by atoms with Gasteiger partial charge in [0.15, 0.2) is 0 Å². The number of rotatable bonds is 2. The predicted molar refractivity (Wildman–Crippen MR) is 37.1 cm³/mol. The first-order valence-electron chi connectivity index (χ1n) is 3.19. The summed E-state index contributed by atoms with van der Waals surface area (Å²) in [6.07, 6.45) is 0. The molecule has 0 aromatic carbocycles. The Morgan fingerprint density at radius 2 is 1.25 bits per heavy atom. The van der Waals surface area contributed by atoms with Crippen molar-refractivity contribution in [1.82, 2.24) is 0 Å². The Morgan fingerprint density at radius 1 is 1.00 bits per heavy atom. The van der Waals surface area contributed by atoms with Crippen LogP contribution in [-0.2, 0) is 0 Å². The molecule has 0 radical (unpaired) electrons. The number of hydrogen-bond acceptors (Lipinski definition) is 0. The highest BCUT2D eigenvalue weighted by atomic mass is 19.1. The molecule has 0 fully saturated rings. The SMILES string of the molecule is CC(C)B(F)C(C)C. The van der Waals surface area contributed by atoms with Gasteiger partial charge in [0, 0.05) is 0 Å². The molecule has 0 aromatic heterocycles. The summed E-state index contributed by atoms with van der Waals surface area (Å²) in [6, 6.07) is 0. The second kappa shape index (κ2) is 3.11. The number of halogens is 1. The fraction of sp³-hybridized carbons (Fsp3) is 1.00. The van der Waals surface area contributed by atoms with Gasteiger partial charge in [0.25, 0.3) is 0 Å². The molecule has 0 aliphatic carbocycles. The van der Waals surface area contributed by atoms with Gasteiger partial charge in [-0.25, -0.2) is 0 Å². The quantitative estimate of drug-likeness (QED) is 0.486. The molecule has 48 valence electrons. The van der Waals surface area contributed by atoms with Gasteiger partial charge < -0.3 is 4.32 Å². The van der Waals surface area contributed by atoms with Gasteiger partial charge in [0.05, 0.1) is 0 Å². The molecule has 0 aliphatic rings. The monoisotopic (exact) mass is 116 g/mol. The fourth-order valence-corrected chi connectivity index (χ4v) is 0.770. The van der Waals surface area contributed by atoms with Crippen molar-refractivity contribution in [1.29, 1.82) is 0 Å². The molecule has 0 unspecified atom stereocenters. The standard InChI is InChI=1S/C6H14BF/c1-5(2)7(8)6(3)4/h5-6H,1-4H3. The lowest BCUT2D eigenvalue weighted by atomic mass is 9.52. The molecule has 0 N–H and O–H groups in total. The van der Waals surface area contributed by atoms with E-state index in [-0.39, 0.29) is 11.6 Å². The van der Waals surface area contributed by atoms with E-state index in [1.165, 1.54) is 0 Å². The molecule has 0 atom stereocenters. The van der Waals surface area contributed by atoms with Gasteiger partial charge in [-0.2, -0.15) is 0 Å². The summed E-state index contributed by atoms with van der Waals surface area (Å²) in [5.74, 6) is 0.352. The van der Waals surface area contributed by atoms with Crippen LogP contribution in [0.25, 0.3) is 0 Å². The normalized spacial score (nSPS) is 10.9. The molecule has 2 heteroatoms. The lowest BCUT2D eigenvalue weighted by molar-refractivity contribution is 0.729. The predicted octanol–water partition coefficient (Wildman–Crippen LogP) is 2.77. The first kappa shape index (κ1) is 7.99. The van der Waals surface area contributed by atoms with Crippen molar-refractivity contribution >= 4 is 6.99 Å². The van der Waals surface area contributed by atoms with Crippen molar-refractivity contribution in [2.24, 2.45) is 0 Å². The molecule has 0 aliphatic heterocycles. The first-order chi connectivity index (χ1) is 3.55. The van der Waals surface area contributed by atoms with E-state index < -0.39 is 6.99 Å². The van der Waals surface area contributed by atoms with Gasteiger partial charge >= 0.3 is 6.99 Å². The zero-order valence-electron chi connectivity index (χ0n) is 6.11. The molecular formula is C6H14BF. The largest absolute Gasteiger partial charge is 0.353 e. The molecule has 8 heavy (non-hydrogen) atoms. The van der Waals surface area contributed by atoms with E-state index >= 15 is 0 Å². The second-order valence-corrected chi connectivity index (χ2v) is 2.93. The van der Waals surface area contributed by atoms with Crippen LogP contribution in [-0.4, -0.2) is 6.99 Å². The summed E-state index contributed by atoms with van der Waals surface area (Å²) >= 11 is 0. The third-order valence-corrected chi connectivity index (χ3v) is 1.27. The minimum Gasteiger partial charge on any atom is -0.336 e. The van der Waals surface area contributed by atoms with Crippen molar-refractivity contribution in [3.05, 3.63) is 0 Å². The van der Waals surface area contributed by atoms with E-state index in [9.17, 15) is 4.32 Å². The highest BCUT2D eigenvalue weighted by Gasteiger charge is 2.21. The fourth-order valence-electron chi connectivity index (χ4n) is 0.770. The van der Waals surface area contributed by atoms with Crippen molar-refractivity contribution in [3.8, 4) is 0 Å². The lowest BCUT2D eigenvalue weighted by Crippen LogP contribution is -2.13. The van der Waals surface area contributed by atoms with Crippen LogP contribution in [0.1, 0.15) is 27.7 Å². The van der Waals surface area contributed by atoms with E-state index in [1.807, 2.05) is 27.7 Å². The topological polar surface area (TPSA) is 0 Å². The van der Waals surface area contributed by atoms with Crippen LogP contribution < -0.4 is 0 Å². The molecule has 0 saturated carbocycles. The smallest absolute Gasteiger partial charge is 0.336 e. The van der Waals surface area contributed by atoms with E-state index in [0.717, 1.165) is 0 Å². The average Bonchev–Trinajstić information content (AvgIpc) is 1.64. The summed E-state index contributed by atoms with van der Waals surface area (Å²) in [5, 5.41) is 0. The third-order valence-electron chi connectivity index (χ3n) is 1.27. The van der Waals surface area contributed by atoms with Gasteiger partial charge in [-0.1, -0.05) is 27.7 Å². The Balaban J connectivity index is 3.46. The minimum absolute atomic E-state index is 0.176. The third kappa shape index (κ3) is 2.34. The van der Waals surface area contributed by atoms with Crippen LogP contribution >= 0.6 is 0 Å². The summed E-state index contributed by atoms with van der Waals surface area (Å²) in [5.41, 5.74) is 0. The molecule has 0 nitrogen and oxygen atoms in total. The van der Waals surface area contributed by atoms with Crippen molar-refractivity contribution in [3.63, 3.8) is 0 Å². The van der Waals surface area contributed by atoms with Crippen molar-refractivity contribution in [2.45, 2.75) is 39.3 Å². The molecule has 0 amide bonds. The van der Waals surface area contributed by atoms with E-state index in [1.54, 1.807) is 0 Å². The Hall–Kier alpha value is -0.00506. The molecule has 0 spiro atoms. The van der Waals surface area contributed by atoms with E-state index in [0.29, 0.717) is 0 Å². The maximum absolute atomic E-state index is 12.6.